The Morgan fingerprint density at radius 1 is 1.10 bits per heavy atom. The van der Waals surface area contributed by atoms with Crippen LogP contribution >= 0.6 is 11.6 Å². The zero-order chi connectivity index (χ0) is 20.6. The average molecular weight is 416 g/mol. The van der Waals surface area contributed by atoms with Crippen LogP contribution < -0.4 is 10.6 Å². The lowest BCUT2D eigenvalue weighted by Gasteiger charge is -2.31. The number of piperidine rings is 1. The molecule has 152 valence electrons. The van der Waals surface area contributed by atoms with E-state index >= 15 is 0 Å². The third-order valence-electron chi connectivity index (χ3n) is 4.72. The molecule has 8 heteroatoms. The zero-order valence-corrected chi connectivity index (χ0v) is 16.5. The monoisotopic (exact) mass is 415 g/mol. The van der Waals surface area contributed by atoms with Gasteiger partial charge >= 0.3 is 11.8 Å². The fraction of sp³-hybridized carbons (Fsp3) is 0.286. The normalized spacial score (nSPS) is 14.7. The first-order valence-corrected chi connectivity index (χ1v) is 9.74. The van der Waals surface area contributed by atoms with Gasteiger partial charge in [0.05, 0.1) is 6.26 Å². The van der Waals surface area contributed by atoms with Crippen molar-refractivity contribution in [2.24, 2.45) is 5.92 Å². The van der Waals surface area contributed by atoms with Gasteiger partial charge in [-0.3, -0.25) is 14.4 Å². The van der Waals surface area contributed by atoms with E-state index in [1.807, 2.05) is 0 Å². The van der Waals surface area contributed by atoms with Crippen LogP contribution in [0.15, 0.2) is 53.2 Å². The minimum Gasteiger partial charge on any atom is -0.465 e. The van der Waals surface area contributed by atoms with Gasteiger partial charge in [-0.2, -0.15) is 0 Å². The van der Waals surface area contributed by atoms with Gasteiger partial charge in [-0.25, -0.2) is 0 Å². The smallest absolute Gasteiger partial charge is 0.313 e. The summed E-state index contributed by atoms with van der Waals surface area (Å²) in [6, 6.07) is 10.1. The summed E-state index contributed by atoms with van der Waals surface area (Å²) >= 11 is 5.79. The van der Waals surface area contributed by atoms with Crippen LogP contribution in [-0.2, 0) is 14.4 Å². The summed E-state index contributed by atoms with van der Waals surface area (Å²) in [5, 5.41) is 5.74. The highest BCUT2D eigenvalue weighted by molar-refractivity contribution is 6.39. The second-order valence-electron chi connectivity index (χ2n) is 6.79. The number of amides is 3. The van der Waals surface area contributed by atoms with Crippen molar-refractivity contribution < 1.29 is 18.8 Å². The molecule has 1 aromatic carbocycles. The largest absolute Gasteiger partial charge is 0.465 e. The fourth-order valence-electron chi connectivity index (χ4n) is 3.04. The summed E-state index contributed by atoms with van der Waals surface area (Å²) < 4.78 is 5.17. The van der Waals surface area contributed by atoms with Gasteiger partial charge in [-0.15, -0.1) is 0 Å². The Labute approximate surface area is 173 Å². The highest BCUT2D eigenvalue weighted by Crippen LogP contribution is 2.17. The van der Waals surface area contributed by atoms with Crippen LogP contribution in [0, 0.1) is 5.92 Å². The lowest BCUT2D eigenvalue weighted by atomic mass is 9.96. The van der Waals surface area contributed by atoms with E-state index in [4.69, 9.17) is 16.0 Å². The maximum Gasteiger partial charge on any atom is 0.313 e. The van der Waals surface area contributed by atoms with Crippen LogP contribution in [0.25, 0.3) is 6.08 Å². The van der Waals surface area contributed by atoms with E-state index in [1.165, 1.54) is 6.08 Å². The van der Waals surface area contributed by atoms with Crippen LogP contribution in [0.2, 0.25) is 5.02 Å². The highest BCUT2D eigenvalue weighted by atomic mass is 35.5. The number of anilines is 1. The third-order valence-corrected chi connectivity index (χ3v) is 4.97. The first-order valence-electron chi connectivity index (χ1n) is 9.36. The summed E-state index contributed by atoms with van der Waals surface area (Å²) in [5.74, 6) is -0.609. The molecule has 1 saturated heterocycles. The second-order valence-corrected chi connectivity index (χ2v) is 7.22. The molecule has 0 atom stereocenters. The first kappa shape index (κ1) is 20.7. The number of benzene rings is 1. The number of carbonyl (C=O) groups excluding carboxylic acids is 3. The molecule has 7 nitrogen and oxygen atoms in total. The minimum absolute atomic E-state index is 0.0637. The van der Waals surface area contributed by atoms with Crippen molar-refractivity contribution in [3.8, 4) is 0 Å². The quantitative estimate of drug-likeness (QED) is 0.580. The molecule has 2 aromatic rings. The van der Waals surface area contributed by atoms with Crippen molar-refractivity contribution in [1.82, 2.24) is 10.2 Å². The maximum absolute atomic E-state index is 12.2. The fourth-order valence-corrected chi connectivity index (χ4v) is 3.17. The topological polar surface area (TPSA) is 91.7 Å². The molecule has 3 rings (SSSR count). The standard InChI is InChI=1S/C21H22ClN3O4/c22-16-3-5-17(6-4-16)24-21(28)20(27)23-14-15-9-11-25(12-10-15)19(26)8-7-18-2-1-13-29-18/h1-8,13,15H,9-12,14H2,(H,23,27)(H,24,28)/b8-7+. The Hall–Kier alpha value is -3.06. The number of furan rings is 1. The SMILES string of the molecule is O=C(NCC1CCN(C(=O)/C=C/c2ccco2)CC1)C(=O)Nc1ccc(Cl)cc1. The van der Waals surface area contributed by atoms with E-state index in [1.54, 1.807) is 53.6 Å². The molecule has 29 heavy (non-hydrogen) atoms. The van der Waals surface area contributed by atoms with E-state index in [9.17, 15) is 14.4 Å². The van der Waals surface area contributed by atoms with Crippen LogP contribution in [0.4, 0.5) is 5.69 Å². The number of likely N-dealkylation sites (tertiary alicyclic amines) is 1. The van der Waals surface area contributed by atoms with E-state index in [2.05, 4.69) is 10.6 Å². The number of hydrogen-bond acceptors (Lipinski definition) is 4. The predicted molar refractivity (Wildman–Crippen MR) is 110 cm³/mol. The van der Waals surface area contributed by atoms with Gasteiger partial charge < -0.3 is 20.0 Å². The lowest BCUT2D eigenvalue weighted by Crippen LogP contribution is -2.43. The molecular weight excluding hydrogens is 394 g/mol. The van der Waals surface area contributed by atoms with Crippen molar-refractivity contribution in [1.29, 1.82) is 0 Å². The van der Waals surface area contributed by atoms with Crippen LogP contribution in [0.5, 0.6) is 0 Å². The predicted octanol–water partition coefficient (Wildman–Crippen LogP) is 2.94. The Bertz CT molecular complexity index is 870. The van der Waals surface area contributed by atoms with E-state index in [0.717, 1.165) is 12.8 Å². The van der Waals surface area contributed by atoms with Crippen LogP contribution in [0.1, 0.15) is 18.6 Å². The summed E-state index contributed by atoms with van der Waals surface area (Å²) in [7, 11) is 0. The maximum atomic E-state index is 12.2. The summed E-state index contributed by atoms with van der Waals surface area (Å²) in [5.41, 5.74) is 0.504. The number of halogens is 1. The molecule has 0 bridgehead atoms. The molecule has 1 aliphatic rings. The van der Waals surface area contributed by atoms with E-state index in [0.29, 0.717) is 36.1 Å². The first-order chi connectivity index (χ1) is 14.0. The Balaban J connectivity index is 1.37. The summed E-state index contributed by atoms with van der Waals surface area (Å²) in [4.78, 5) is 37.9. The molecule has 0 spiro atoms. The molecule has 2 heterocycles. The Morgan fingerprint density at radius 3 is 2.48 bits per heavy atom. The average Bonchev–Trinajstić information content (AvgIpc) is 3.26. The van der Waals surface area contributed by atoms with E-state index < -0.39 is 11.8 Å². The molecule has 0 unspecified atom stereocenters. The van der Waals surface area contributed by atoms with Gasteiger partial charge in [-0.1, -0.05) is 11.6 Å². The van der Waals surface area contributed by atoms with Crippen molar-refractivity contribution in [2.75, 3.05) is 25.0 Å². The zero-order valence-electron chi connectivity index (χ0n) is 15.8. The number of carbonyl (C=O) groups is 3. The molecule has 1 aliphatic heterocycles. The summed E-state index contributed by atoms with van der Waals surface area (Å²) in [6.45, 7) is 1.62. The molecule has 2 N–H and O–H groups in total. The van der Waals surface area contributed by atoms with Gasteiger partial charge in [-0.05, 0) is 61.2 Å². The number of nitrogens with zero attached hydrogens (tertiary/aromatic N) is 1. The van der Waals surface area contributed by atoms with Gasteiger partial charge in [0.1, 0.15) is 5.76 Å². The molecule has 0 saturated carbocycles. The molecule has 1 fully saturated rings. The highest BCUT2D eigenvalue weighted by Gasteiger charge is 2.23. The van der Waals surface area contributed by atoms with Crippen LogP contribution in [0.3, 0.4) is 0 Å². The van der Waals surface area contributed by atoms with Crippen molar-refractivity contribution >= 4 is 41.1 Å². The van der Waals surface area contributed by atoms with Gasteiger partial charge in [0.2, 0.25) is 5.91 Å². The Morgan fingerprint density at radius 2 is 1.83 bits per heavy atom. The number of hydrogen-bond donors (Lipinski definition) is 2. The number of nitrogens with one attached hydrogen (secondary N) is 2. The van der Waals surface area contributed by atoms with Crippen molar-refractivity contribution in [3.63, 3.8) is 0 Å². The van der Waals surface area contributed by atoms with E-state index in [-0.39, 0.29) is 11.8 Å². The molecular formula is C21H22ClN3O4. The molecule has 3 amide bonds. The van der Waals surface area contributed by atoms with Crippen molar-refractivity contribution in [3.05, 3.63) is 59.5 Å². The van der Waals surface area contributed by atoms with Crippen molar-refractivity contribution in [2.45, 2.75) is 12.8 Å². The van der Waals surface area contributed by atoms with Gasteiger partial charge in [0, 0.05) is 36.4 Å². The third kappa shape index (κ3) is 6.22. The second kappa shape index (κ2) is 9.93. The molecule has 1 aromatic heterocycles. The number of rotatable bonds is 5. The van der Waals surface area contributed by atoms with Gasteiger partial charge in [0.15, 0.2) is 0 Å². The lowest BCUT2D eigenvalue weighted by molar-refractivity contribution is -0.136. The summed E-state index contributed by atoms with van der Waals surface area (Å²) in [6.07, 6.45) is 6.23. The van der Waals surface area contributed by atoms with Crippen LogP contribution in [-0.4, -0.2) is 42.3 Å². The molecule has 0 aliphatic carbocycles. The van der Waals surface area contributed by atoms with Gasteiger partial charge in [0.25, 0.3) is 0 Å². The Kier molecular flexibility index (Phi) is 7.08. The minimum atomic E-state index is -0.719. The molecule has 0 radical (unpaired) electrons.